The van der Waals surface area contributed by atoms with Crippen molar-refractivity contribution >= 4 is 5.97 Å². The molecule has 0 aliphatic heterocycles. The van der Waals surface area contributed by atoms with E-state index >= 15 is 0 Å². The molecule has 5 aliphatic rings. The van der Waals surface area contributed by atoms with Gasteiger partial charge in [-0.05, 0) is 92.8 Å². The molecule has 0 spiro atoms. The number of fused-ring (bicyclic) bond motifs is 12. The lowest BCUT2D eigenvalue weighted by Crippen LogP contribution is -2.42. The van der Waals surface area contributed by atoms with Crippen molar-refractivity contribution in [3.8, 4) is 0 Å². The molecule has 2 nitrogen and oxygen atoms in total. The quantitative estimate of drug-likeness (QED) is 0.413. The smallest absolute Gasteiger partial charge is 0.332 e. The minimum atomic E-state index is -0.347. The van der Waals surface area contributed by atoms with Crippen molar-refractivity contribution in [3.63, 3.8) is 0 Å². The van der Waals surface area contributed by atoms with E-state index in [0.29, 0.717) is 5.57 Å². The lowest BCUT2D eigenvalue weighted by molar-refractivity contribution is -0.136. The Balaban J connectivity index is 0.000000144. The Labute approximate surface area is 128 Å². The highest BCUT2D eigenvalue weighted by Crippen LogP contribution is 2.73. The molecule has 0 N–H and O–H groups in total. The first-order valence-corrected chi connectivity index (χ1v) is 8.85. The summed E-state index contributed by atoms with van der Waals surface area (Å²) in [6, 6.07) is 0. The largest absolute Gasteiger partial charge is 0.466 e. The lowest BCUT2D eigenvalue weighted by atomic mass is 9.56. The predicted molar refractivity (Wildman–Crippen MR) is 82.5 cm³/mol. The first kappa shape index (κ1) is 13.8. The van der Waals surface area contributed by atoms with Gasteiger partial charge in [-0.1, -0.05) is 6.58 Å². The van der Waals surface area contributed by atoms with Gasteiger partial charge < -0.3 is 4.74 Å². The molecule has 0 radical (unpaired) electrons. The van der Waals surface area contributed by atoms with Crippen LogP contribution in [0.5, 0.6) is 0 Å². The van der Waals surface area contributed by atoms with Crippen molar-refractivity contribution in [3.05, 3.63) is 12.2 Å². The third-order valence-corrected chi connectivity index (χ3v) is 7.60. The van der Waals surface area contributed by atoms with Crippen LogP contribution >= 0.6 is 0 Å². The maximum absolute atomic E-state index is 10.2. The van der Waals surface area contributed by atoms with Crippen LogP contribution in [0.25, 0.3) is 0 Å². The molecule has 5 fully saturated rings. The molecule has 0 aromatic heterocycles. The number of ether oxygens (including phenoxy) is 1. The topological polar surface area (TPSA) is 26.3 Å². The van der Waals surface area contributed by atoms with Gasteiger partial charge in [0, 0.05) is 5.57 Å². The highest BCUT2D eigenvalue weighted by Gasteiger charge is 2.67. The molecule has 4 bridgehead atoms. The molecule has 0 aromatic rings. The molecular formula is C19H28O2. The zero-order chi connectivity index (χ0) is 14.7. The number of hydrogen-bond acceptors (Lipinski definition) is 2. The van der Waals surface area contributed by atoms with E-state index in [4.69, 9.17) is 0 Å². The Hall–Kier alpha value is -0.790. The number of hydrogen-bond donors (Lipinski definition) is 0. The molecule has 0 heterocycles. The zero-order valence-corrected chi connectivity index (χ0v) is 13.4. The van der Waals surface area contributed by atoms with E-state index in [1.165, 1.54) is 54.5 Å². The van der Waals surface area contributed by atoms with Crippen molar-refractivity contribution in [2.24, 2.45) is 47.3 Å². The SMILES string of the molecule is C1CC2CC1C1C3CC(C4CCC43)C21.C=C(C)C(=O)OC. The van der Waals surface area contributed by atoms with E-state index in [2.05, 4.69) is 11.3 Å². The van der Waals surface area contributed by atoms with E-state index in [1.807, 2.05) is 0 Å². The summed E-state index contributed by atoms with van der Waals surface area (Å²) in [5.74, 6) is 9.52. The van der Waals surface area contributed by atoms with Crippen LogP contribution < -0.4 is 0 Å². The van der Waals surface area contributed by atoms with Gasteiger partial charge in [-0.15, -0.1) is 0 Å². The number of esters is 1. The molecule has 0 saturated heterocycles. The Morgan fingerprint density at radius 3 is 1.76 bits per heavy atom. The van der Waals surface area contributed by atoms with Gasteiger partial charge in [-0.25, -0.2) is 4.79 Å². The van der Waals surface area contributed by atoms with Gasteiger partial charge in [-0.2, -0.15) is 0 Å². The first-order chi connectivity index (χ1) is 10.1. The highest BCUT2D eigenvalue weighted by atomic mass is 16.5. The Kier molecular flexibility index (Phi) is 3.20. The van der Waals surface area contributed by atoms with Crippen molar-refractivity contribution < 1.29 is 9.53 Å². The molecule has 0 aromatic carbocycles. The molecule has 5 saturated carbocycles. The zero-order valence-electron chi connectivity index (χ0n) is 13.4. The van der Waals surface area contributed by atoms with Gasteiger partial charge >= 0.3 is 5.97 Å². The van der Waals surface area contributed by atoms with Gasteiger partial charge in [0.25, 0.3) is 0 Å². The third-order valence-electron chi connectivity index (χ3n) is 7.60. The second-order valence-electron chi connectivity index (χ2n) is 8.23. The summed E-state index contributed by atoms with van der Waals surface area (Å²) >= 11 is 0. The van der Waals surface area contributed by atoms with Crippen LogP contribution in [0.4, 0.5) is 0 Å². The summed E-state index contributed by atoms with van der Waals surface area (Å²) < 4.78 is 4.27. The Bertz CT molecular complexity index is 440. The van der Waals surface area contributed by atoms with E-state index in [0.717, 1.165) is 0 Å². The molecule has 8 unspecified atom stereocenters. The standard InChI is InChI=1S/C14H20.C5H8O2/c1-2-8-5-7(1)13-11-6-12(14(8)13)10-4-3-9(10)11;1-4(2)5(6)7-3/h7-14H,1-6H2;1H2,2-3H3. The lowest BCUT2D eigenvalue weighted by Gasteiger charge is -2.49. The predicted octanol–water partition coefficient (Wildman–Crippen LogP) is 4.06. The summed E-state index contributed by atoms with van der Waals surface area (Å²) in [5, 5.41) is 0. The molecule has 2 heteroatoms. The Morgan fingerprint density at radius 2 is 1.43 bits per heavy atom. The van der Waals surface area contributed by atoms with Crippen molar-refractivity contribution in [1.82, 2.24) is 0 Å². The van der Waals surface area contributed by atoms with Gasteiger partial charge in [-0.3, -0.25) is 0 Å². The van der Waals surface area contributed by atoms with Crippen LogP contribution in [0.2, 0.25) is 0 Å². The molecule has 5 aliphatic carbocycles. The second kappa shape index (κ2) is 4.86. The monoisotopic (exact) mass is 288 g/mol. The summed E-state index contributed by atoms with van der Waals surface area (Å²) in [5.41, 5.74) is 0.433. The van der Waals surface area contributed by atoms with Crippen LogP contribution in [0.3, 0.4) is 0 Å². The van der Waals surface area contributed by atoms with Crippen LogP contribution in [0, 0.1) is 47.3 Å². The number of methoxy groups -OCH3 is 1. The molecule has 21 heavy (non-hydrogen) atoms. The number of carbonyl (C=O) groups is 1. The van der Waals surface area contributed by atoms with E-state index in [9.17, 15) is 4.79 Å². The van der Waals surface area contributed by atoms with Gasteiger partial charge in [0.15, 0.2) is 0 Å². The van der Waals surface area contributed by atoms with Gasteiger partial charge in [0.2, 0.25) is 0 Å². The average Bonchev–Trinajstić information content (AvgIpc) is 3.14. The van der Waals surface area contributed by atoms with Crippen molar-refractivity contribution in [2.75, 3.05) is 7.11 Å². The van der Waals surface area contributed by atoms with E-state index < -0.39 is 0 Å². The number of rotatable bonds is 1. The number of carbonyl (C=O) groups excluding carboxylic acids is 1. The Morgan fingerprint density at radius 1 is 0.905 bits per heavy atom. The summed E-state index contributed by atoms with van der Waals surface area (Å²) in [4.78, 5) is 10.2. The van der Waals surface area contributed by atoms with Crippen LogP contribution in [-0.4, -0.2) is 13.1 Å². The van der Waals surface area contributed by atoms with Crippen molar-refractivity contribution in [1.29, 1.82) is 0 Å². The van der Waals surface area contributed by atoms with E-state index in [-0.39, 0.29) is 5.97 Å². The fourth-order valence-corrected chi connectivity index (χ4v) is 6.99. The molecule has 116 valence electrons. The highest BCUT2D eigenvalue weighted by molar-refractivity contribution is 5.86. The van der Waals surface area contributed by atoms with Gasteiger partial charge in [0.05, 0.1) is 7.11 Å². The summed E-state index contributed by atoms with van der Waals surface area (Å²) in [7, 11) is 1.33. The molecular weight excluding hydrogens is 260 g/mol. The van der Waals surface area contributed by atoms with Gasteiger partial charge in [0.1, 0.15) is 0 Å². The average molecular weight is 288 g/mol. The summed E-state index contributed by atoms with van der Waals surface area (Å²) in [6.07, 6.45) is 9.80. The maximum Gasteiger partial charge on any atom is 0.332 e. The van der Waals surface area contributed by atoms with Crippen LogP contribution in [0.1, 0.15) is 45.4 Å². The first-order valence-electron chi connectivity index (χ1n) is 8.85. The van der Waals surface area contributed by atoms with Crippen LogP contribution in [-0.2, 0) is 9.53 Å². The van der Waals surface area contributed by atoms with Crippen LogP contribution in [0.15, 0.2) is 12.2 Å². The van der Waals surface area contributed by atoms with E-state index in [1.54, 1.807) is 45.4 Å². The molecule has 0 amide bonds. The molecule has 8 atom stereocenters. The second-order valence-corrected chi connectivity index (χ2v) is 8.23. The fourth-order valence-electron chi connectivity index (χ4n) is 6.99. The summed E-state index contributed by atoms with van der Waals surface area (Å²) in [6.45, 7) is 4.95. The fraction of sp³-hybridized carbons (Fsp3) is 0.842. The van der Waals surface area contributed by atoms with Crippen molar-refractivity contribution in [2.45, 2.75) is 45.4 Å². The normalized spacial score (nSPS) is 50.6. The molecule has 5 rings (SSSR count). The minimum absolute atomic E-state index is 0.347. The third kappa shape index (κ3) is 1.87. The maximum atomic E-state index is 10.2. The minimum Gasteiger partial charge on any atom is -0.466 e.